The predicted octanol–water partition coefficient (Wildman–Crippen LogP) is 1.89. The fourth-order valence-corrected chi connectivity index (χ4v) is 3.11. The molecule has 0 bridgehead atoms. The fourth-order valence-electron chi connectivity index (χ4n) is 1.95. The van der Waals surface area contributed by atoms with Gasteiger partial charge in [-0.3, -0.25) is 10.1 Å². The van der Waals surface area contributed by atoms with Crippen LogP contribution in [0, 0.1) is 0 Å². The summed E-state index contributed by atoms with van der Waals surface area (Å²) in [6.07, 6.45) is 3.54. The van der Waals surface area contributed by atoms with Crippen LogP contribution in [0.3, 0.4) is 0 Å². The Morgan fingerprint density at radius 1 is 1.42 bits per heavy atom. The topological polar surface area (TPSA) is 135 Å². The number of nitrogens with two attached hydrogens (primary N) is 1. The molecule has 9 nitrogen and oxygen atoms in total. The highest BCUT2D eigenvalue weighted by Crippen LogP contribution is 2.29. The van der Waals surface area contributed by atoms with Crippen LogP contribution in [0.2, 0.25) is 5.15 Å². The maximum absolute atomic E-state index is 12.5. The van der Waals surface area contributed by atoms with E-state index in [2.05, 4.69) is 35.2 Å². The molecular weight excluding hydrogens is 352 g/mol. The minimum absolute atomic E-state index is 0.102. The number of fused-ring (bicyclic) bond motifs is 1. The third-order valence-electron chi connectivity index (χ3n) is 3.04. The van der Waals surface area contributed by atoms with Crippen molar-refractivity contribution in [1.82, 2.24) is 29.9 Å². The van der Waals surface area contributed by atoms with Gasteiger partial charge in [0.15, 0.2) is 5.65 Å². The Morgan fingerprint density at radius 2 is 2.25 bits per heavy atom. The summed E-state index contributed by atoms with van der Waals surface area (Å²) >= 11 is 7.06. The molecule has 0 fully saturated rings. The third kappa shape index (κ3) is 3.54. The van der Waals surface area contributed by atoms with Crippen molar-refractivity contribution in [1.29, 1.82) is 0 Å². The van der Waals surface area contributed by atoms with E-state index in [4.69, 9.17) is 17.3 Å². The molecule has 0 aliphatic rings. The van der Waals surface area contributed by atoms with Crippen LogP contribution < -0.4 is 11.1 Å². The summed E-state index contributed by atoms with van der Waals surface area (Å²) in [4.78, 5) is 35.6. The van der Waals surface area contributed by atoms with Gasteiger partial charge in [-0.1, -0.05) is 30.3 Å². The zero-order valence-electron chi connectivity index (χ0n) is 12.5. The maximum Gasteiger partial charge on any atom is 0.240 e. The number of hydrogen-bond donors (Lipinski definition) is 3. The lowest BCUT2D eigenvalue weighted by atomic mass is 10.3. The second-order valence-electron chi connectivity index (χ2n) is 4.70. The molecule has 3 aromatic rings. The molecule has 0 saturated carbocycles. The zero-order valence-corrected chi connectivity index (χ0v) is 14.1. The Morgan fingerprint density at radius 3 is 3.00 bits per heavy atom. The van der Waals surface area contributed by atoms with E-state index in [1.54, 1.807) is 0 Å². The number of H-pyrrole nitrogens is 1. The van der Waals surface area contributed by atoms with E-state index < -0.39 is 5.25 Å². The Labute approximate surface area is 145 Å². The van der Waals surface area contributed by atoms with E-state index in [9.17, 15) is 4.79 Å². The molecule has 1 amide bonds. The van der Waals surface area contributed by atoms with Crippen LogP contribution in [0.5, 0.6) is 0 Å². The van der Waals surface area contributed by atoms with Crippen molar-refractivity contribution in [2.75, 3.05) is 11.1 Å². The number of aromatic amines is 1. The third-order valence-corrected chi connectivity index (χ3v) is 4.60. The number of imidazole rings is 1. The van der Waals surface area contributed by atoms with Crippen molar-refractivity contribution in [3.8, 4) is 0 Å². The Bertz CT molecular complexity index is 885. The summed E-state index contributed by atoms with van der Waals surface area (Å²) in [5.41, 5.74) is 6.79. The quantitative estimate of drug-likeness (QED) is 0.461. The van der Waals surface area contributed by atoms with Gasteiger partial charge in [0.1, 0.15) is 15.7 Å². The molecule has 1 atom stereocenters. The number of nitrogen functional groups attached to an aromatic ring is 1. The van der Waals surface area contributed by atoms with E-state index in [-0.39, 0.29) is 23.0 Å². The first-order valence-electron chi connectivity index (χ1n) is 6.99. The molecule has 11 heteroatoms. The van der Waals surface area contributed by atoms with Crippen molar-refractivity contribution >= 4 is 52.3 Å². The van der Waals surface area contributed by atoms with E-state index in [0.29, 0.717) is 22.6 Å². The molecule has 0 aromatic carbocycles. The van der Waals surface area contributed by atoms with Gasteiger partial charge in [-0.25, -0.2) is 19.9 Å². The SMILES string of the molecule is CC[C@H](Sc1nc(N)nc2nc[nH]c12)C(=O)Nc1nccc(Cl)n1. The van der Waals surface area contributed by atoms with Gasteiger partial charge in [-0.15, -0.1) is 0 Å². The number of nitrogens with one attached hydrogen (secondary N) is 2. The molecule has 3 rings (SSSR count). The van der Waals surface area contributed by atoms with E-state index in [1.165, 1.54) is 30.4 Å². The molecular formula is C13H13ClN8OS. The number of nitrogens with zero attached hydrogens (tertiary/aromatic N) is 5. The number of carbonyl (C=O) groups is 1. The van der Waals surface area contributed by atoms with Gasteiger partial charge >= 0.3 is 0 Å². The predicted molar refractivity (Wildman–Crippen MR) is 91.7 cm³/mol. The van der Waals surface area contributed by atoms with Crippen LogP contribution in [0.1, 0.15) is 13.3 Å². The van der Waals surface area contributed by atoms with Crippen LogP contribution in [0.25, 0.3) is 11.2 Å². The van der Waals surface area contributed by atoms with Crippen LogP contribution >= 0.6 is 23.4 Å². The normalized spacial score (nSPS) is 12.2. The molecule has 4 N–H and O–H groups in total. The average molecular weight is 365 g/mol. The highest BCUT2D eigenvalue weighted by molar-refractivity contribution is 8.00. The molecule has 0 spiro atoms. The number of thioether (sulfide) groups is 1. The minimum atomic E-state index is -0.423. The summed E-state index contributed by atoms with van der Waals surface area (Å²) in [6.45, 7) is 1.89. The van der Waals surface area contributed by atoms with Crippen LogP contribution in [0.4, 0.5) is 11.9 Å². The van der Waals surface area contributed by atoms with Crippen LogP contribution in [-0.2, 0) is 4.79 Å². The van der Waals surface area contributed by atoms with E-state index in [1.807, 2.05) is 6.92 Å². The lowest BCUT2D eigenvalue weighted by molar-refractivity contribution is -0.115. The highest BCUT2D eigenvalue weighted by atomic mass is 35.5. The van der Waals surface area contributed by atoms with Gasteiger partial charge in [0.2, 0.25) is 17.8 Å². The van der Waals surface area contributed by atoms with Gasteiger partial charge in [-0.05, 0) is 12.5 Å². The molecule has 3 aromatic heterocycles. The lowest BCUT2D eigenvalue weighted by Crippen LogP contribution is -2.25. The van der Waals surface area contributed by atoms with Crippen molar-refractivity contribution in [3.63, 3.8) is 0 Å². The Hall–Kier alpha value is -2.46. The highest BCUT2D eigenvalue weighted by Gasteiger charge is 2.22. The van der Waals surface area contributed by atoms with Crippen molar-refractivity contribution in [2.45, 2.75) is 23.6 Å². The van der Waals surface area contributed by atoms with Crippen molar-refractivity contribution in [3.05, 3.63) is 23.7 Å². The summed E-state index contributed by atoms with van der Waals surface area (Å²) in [5, 5.41) is 3.03. The standard InChI is InChI=1S/C13H13ClN8OS/c1-2-6(10(23)21-13-16-4-3-7(14)19-13)24-11-8-9(18-5-17-8)20-12(15)22-11/h3-6H,2H2,1H3,(H,16,19,21,23)(H3,15,17,18,20,22)/t6-/m0/s1. The average Bonchev–Trinajstić information content (AvgIpc) is 3.00. The molecule has 0 unspecified atom stereocenters. The summed E-state index contributed by atoms with van der Waals surface area (Å²) in [5.74, 6) is 0.000546. The zero-order chi connectivity index (χ0) is 17.1. The first-order chi connectivity index (χ1) is 11.6. The van der Waals surface area contributed by atoms with Gasteiger partial charge in [-0.2, -0.15) is 4.98 Å². The fraction of sp³-hybridized carbons (Fsp3) is 0.231. The Kier molecular flexibility index (Phi) is 4.76. The second kappa shape index (κ2) is 6.97. The molecule has 24 heavy (non-hydrogen) atoms. The largest absolute Gasteiger partial charge is 0.368 e. The summed E-state index contributed by atoms with van der Waals surface area (Å²) in [6, 6.07) is 1.53. The van der Waals surface area contributed by atoms with Gasteiger partial charge in [0.05, 0.1) is 11.6 Å². The number of carbonyl (C=O) groups excluding carboxylic acids is 1. The second-order valence-corrected chi connectivity index (χ2v) is 6.27. The number of rotatable bonds is 5. The molecule has 0 aliphatic heterocycles. The molecule has 0 saturated heterocycles. The van der Waals surface area contributed by atoms with Crippen LogP contribution in [0.15, 0.2) is 23.6 Å². The first kappa shape index (κ1) is 16.4. The number of anilines is 2. The molecule has 124 valence electrons. The molecule has 0 aliphatic carbocycles. The van der Waals surface area contributed by atoms with Crippen molar-refractivity contribution < 1.29 is 4.79 Å². The minimum Gasteiger partial charge on any atom is -0.368 e. The lowest BCUT2D eigenvalue weighted by Gasteiger charge is -2.13. The van der Waals surface area contributed by atoms with Crippen molar-refractivity contribution in [2.24, 2.45) is 0 Å². The Balaban J connectivity index is 1.80. The van der Waals surface area contributed by atoms with Gasteiger partial charge in [0.25, 0.3) is 0 Å². The summed E-state index contributed by atoms with van der Waals surface area (Å²) in [7, 11) is 0. The number of amides is 1. The van der Waals surface area contributed by atoms with E-state index in [0.717, 1.165) is 0 Å². The first-order valence-corrected chi connectivity index (χ1v) is 8.25. The molecule has 3 heterocycles. The number of aromatic nitrogens is 6. The van der Waals surface area contributed by atoms with Crippen LogP contribution in [-0.4, -0.2) is 41.1 Å². The number of hydrogen-bond acceptors (Lipinski definition) is 8. The summed E-state index contributed by atoms with van der Waals surface area (Å²) < 4.78 is 0. The molecule has 0 radical (unpaired) electrons. The monoisotopic (exact) mass is 364 g/mol. The van der Waals surface area contributed by atoms with Gasteiger partial charge in [0, 0.05) is 6.20 Å². The van der Waals surface area contributed by atoms with E-state index >= 15 is 0 Å². The maximum atomic E-state index is 12.5. The van der Waals surface area contributed by atoms with Gasteiger partial charge < -0.3 is 10.7 Å². The smallest absolute Gasteiger partial charge is 0.240 e. The number of halogens is 1.